The van der Waals surface area contributed by atoms with Crippen LogP contribution in [0.25, 0.3) is 22.5 Å². The van der Waals surface area contributed by atoms with Crippen molar-refractivity contribution in [1.29, 1.82) is 0 Å². The van der Waals surface area contributed by atoms with E-state index in [-0.39, 0.29) is 5.92 Å². The zero-order valence-electron chi connectivity index (χ0n) is 21.9. The number of imidazole rings is 1. The van der Waals surface area contributed by atoms with Crippen molar-refractivity contribution >= 4 is 17.6 Å². The van der Waals surface area contributed by atoms with Crippen LogP contribution >= 0.6 is 11.6 Å². The van der Waals surface area contributed by atoms with Crippen molar-refractivity contribution in [3.63, 3.8) is 0 Å². The van der Waals surface area contributed by atoms with Gasteiger partial charge in [0.15, 0.2) is 5.15 Å². The summed E-state index contributed by atoms with van der Waals surface area (Å²) in [6.07, 6.45) is 3.19. The number of unbranched alkanes of at least 4 members (excludes halogenated alkanes) is 1. The fraction of sp³-hybridized carbons (Fsp3) is 0.393. The largest absolute Gasteiger partial charge is 0.454 e. The van der Waals surface area contributed by atoms with E-state index in [1.807, 2.05) is 62.4 Å². The Bertz CT molecular complexity index is 1320. The average molecular weight is 536 g/mol. The fourth-order valence-corrected chi connectivity index (χ4v) is 4.53. The molecule has 0 radical (unpaired) electrons. The van der Waals surface area contributed by atoms with Crippen molar-refractivity contribution in [3.8, 4) is 22.5 Å². The van der Waals surface area contributed by atoms with Crippen molar-refractivity contribution in [2.45, 2.75) is 65.0 Å². The van der Waals surface area contributed by atoms with E-state index in [9.17, 15) is 4.79 Å². The Hall–Kier alpha value is -3.56. The highest BCUT2D eigenvalue weighted by atomic mass is 35.5. The van der Waals surface area contributed by atoms with Gasteiger partial charge in [-0.15, -0.1) is 10.2 Å². The molecule has 0 aliphatic heterocycles. The summed E-state index contributed by atoms with van der Waals surface area (Å²) >= 11 is 6.56. The first-order valence-electron chi connectivity index (χ1n) is 13.0. The Morgan fingerprint density at radius 3 is 2.61 bits per heavy atom. The maximum atomic E-state index is 13.0. The smallest absolute Gasteiger partial charge is 0.323 e. The predicted molar refractivity (Wildman–Crippen MR) is 147 cm³/mol. The van der Waals surface area contributed by atoms with Gasteiger partial charge in [0.1, 0.15) is 18.0 Å². The number of aryl methyl sites for hydroxylation is 1. The third-order valence-corrected chi connectivity index (χ3v) is 7.08. The molecular weight excluding hydrogens is 502 g/mol. The molecule has 4 N–H and O–H groups in total. The third kappa shape index (κ3) is 6.46. The van der Waals surface area contributed by atoms with E-state index in [0.717, 1.165) is 53.8 Å². The van der Waals surface area contributed by atoms with Crippen LogP contribution in [0.4, 0.5) is 0 Å². The SMILES string of the molecule is CCCCc1nc(Cl)c(C(Cc2ccc(-c3ccccc3)c(-c3nn[nH]n3)c2)OC(=O)C(N)C(C)CC)[nH]1. The molecule has 0 aliphatic rings. The molecule has 38 heavy (non-hydrogen) atoms. The maximum absolute atomic E-state index is 13.0. The van der Waals surface area contributed by atoms with Crippen LogP contribution < -0.4 is 5.73 Å². The number of nitrogens with zero attached hydrogens (tertiary/aromatic N) is 4. The van der Waals surface area contributed by atoms with Gasteiger partial charge >= 0.3 is 5.97 Å². The lowest BCUT2D eigenvalue weighted by Gasteiger charge is -2.22. The first-order valence-corrected chi connectivity index (χ1v) is 13.4. The number of carbonyl (C=O) groups is 1. The van der Waals surface area contributed by atoms with E-state index in [2.05, 4.69) is 37.5 Å². The normalized spacial score (nSPS) is 13.7. The van der Waals surface area contributed by atoms with Gasteiger partial charge in [-0.1, -0.05) is 87.7 Å². The fourth-order valence-electron chi connectivity index (χ4n) is 4.26. The van der Waals surface area contributed by atoms with Crippen LogP contribution in [0, 0.1) is 5.92 Å². The van der Waals surface area contributed by atoms with Gasteiger partial charge in [0.05, 0.1) is 5.69 Å². The molecule has 0 amide bonds. The Morgan fingerprint density at radius 1 is 1.13 bits per heavy atom. The minimum Gasteiger partial charge on any atom is -0.454 e. The van der Waals surface area contributed by atoms with Crippen molar-refractivity contribution in [3.05, 3.63) is 70.8 Å². The van der Waals surface area contributed by atoms with Crippen molar-refractivity contribution < 1.29 is 9.53 Å². The minimum absolute atomic E-state index is 0.0181. The first-order chi connectivity index (χ1) is 18.4. The van der Waals surface area contributed by atoms with Crippen LogP contribution in [-0.4, -0.2) is 42.6 Å². The van der Waals surface area contributed by atoms with Crippen LogP contribution in [0.5, 0.6) is 0 Å². The summed E-state index contributed by atoms with van der Waals surface area (Å²) in [6.45, 7) is 6.05. The summed E-state index contributed by atoms with van der Waals surface area (Å²) in [7, 11) is 0. The molecule has 0 aliphatic carbocycles. The zero-order valence-corrected chi connectivity index (χ0v) is 22.7. The van der Waals surface area contributed by atoms with Crippen LogP contribution in [0.2, 0.25) is 5.15 Å². The van der Waals surface area contributed by atoms with Crippen LogP contribution in [-0.2, 0) is 22.4 Å². The molecule has 3 atom stereocenters. The highest BCUT2D eigenvalue weighted by Gasteiger charge is 2.28. The molecule has 4 rings (SSSR count). The Morgan fingerprint density at radius 2 is 1.92 bits per heavy atom. The standard InChI is InChI=1S/C28H34ClN7O2/c1-4-6-12-23-31-25(26(29)32-23)22(38-28(37)24(30)17(3)5-2)16-18-13-14-20(19-10-8-7-9-11-19)21(15-18)27-33-35-36-34-27/h7-11,13-15,17,22,24H,4-6,12,16,30H2,1-3H3,(H,31,32)(H,33,34,35,36). The van der Waals surface area contributed by atoms with E-state index in [4.69, 9.17) is 22.1 Å². The average Bonchev–Trinajstić information content (AvgIpc) is 3.61. The monoisotopic (exact) mass is 535 g/mol. The summed E-state index contributed by atoms with van der Waals surface area (Å²) in [5.74, 6) is 0.755. The predicted octanol–water partition coefficient (Wildman–Crippen LogP) is 5.45. The molecule has 0 saturated carbocycles. The van der Waals surface area contributed by atoms with Crippen molar-refractivity contribution in [2.75, 3.05) is 0 Å². The second-order valence-corrected chi connectivity index (χ2v) is 9.87. The number of esters is 1. The van der Waals surface area contributed by atoms with Crippen molar-refractivity contribution in [1.82, 2.24) is 30.6 Å². The quantitative estimate of drug-likeness (QED) is 0.205. The third-order valence-electron chi connectivity index (χ3n) is 6.79. The molecule has 200 valence electrons. The number of nitrogens with one attached hydrogen (secondary N) is 2. The van der Waals surface area contributed by atoms with Gasteiger partial charge in [0.25, 0.3) is 0 Å². The van der Waals surface area contributed by atoms with Gasteiger partial charge in [-0.25, -0.2) is 4.98 Å². The first kappa shape index (κ1) is 27.5. The summed E-state index contributed by atoms with van der Waals surface area (Å²) in [4.78, 5) is 20.8. The Labute approximate surface area is 227 Å². The lowest BCUT2D eigenvalue weighted by molar-refractivity contribution is -0.152. The highest BCUT2D eigenvalue weighted by molar-refractivity contribution is 6.30. The summed E-state index contributed by atoms with van der Waals surface area (Å²) in [5.41, 5.74) is 10.5. The number of rotatable bonds is 12. The number of benzene rings is 2. The highest BCUT2D eigenvalue weighted by Crippen LogP contribution is 2.34. The second-order valence-electron chi connectivity index (χ2n) is 9.51. The second kappa shape index (κ2) is 12.8. The number of carbonyl (C=O) groups excluding carboxylic acids is 1. The van der Waals surface area contributed by atoms with E-state index in [1.54, 1.807) is 0 Å². The zero-order chi connectivity index (χ0) is 27.1. The summed E-state index contributed by atoms with van der Waals surface area (Å²) in [6, 6.07) is 15.3. The number of aromatic amines is 2. The number of tetrazole rings is 1. The van der Waals surface area contributed by atoms with Crippen LogP contribution in [0.1, 0.15) is 63.2 Å². The molecule has 0 saturated heterocycles. The Kier molecular flexibility index (Phi) is 9.25. The summed E-state index contributed by atoms with van der Waals surface area (Å²) in [5, 5.41) is 15.0. The Balaban J connectivity index is 1.70. The molecule has 2 aromatic heterocycles. The molecule has 4 aromatic rings. The lowest BCUT2D eigenvalue weighted by Crippen LogP contribution is -2.38. The number of hydrogen-bond acceptors (Lipinski definition) is 7. The molecule has 2 heterocycles. The van der Waals surface area contributed by atoms with E-state index >= 15 is 0 Å². The van der Waals surface area contributed by atoms with Gasteiger partial charge in [-0.2, -0.15) is 5.21 Å². The van der Waals surface area contributed by atoms with Gasteiger partial charge < -0.3 is 15.5 Å². The van der Waals surface area contributed by atoms with Gasteiger partial charge in [-0.3, -0.25) is 4.79 Å². The van der Waals surface area contributed by atoms with Crippen LogP contribution in [0.15, 0.2) is 48.5 Å². The maximum Gasteiger partial charge on any atom is 0.323 e. The molecule has 0 spiro atoms. The molecule has 0 fully saturated rings. The van der Waals surface area contributed by atoms with E-state index < -0.39 is 18.1 Å². The number of nitrogens with two attached hydrogens (primary N) is 1. The number of hydrogen-bond donors (Lipinski definition) is 3. The van der Waals surface area contributed by atoms with E-state index in [1.165, 1.54) is 0 Å². The minimum atomic E-state index is -0.737. The molecule has 0 bridgehead atoms. The van der Waals surface area contributed by atoms with Crippen LogP contribution in [0.3, 0.4) is 0 Å². The number of ether oxygens (including phenoxy) is 1. The number of aromatic nitrogens is 6. The molecule has 3 unspecified atom stereocenters. The van der Waals surface area contributed by atoms with Gasteiger partial charge in [0.2, 0.25) is 5.82 Å². The summed E-state index contributed by atoms with van der Waals surface area (Å²) < 4.78 is 6.00. The van der Waals surface area contributed by atoms with Crippen molar-refractivity contribution in [2.24, 2.45) is 11.7 Å². The number of halogens is 1. The topological polar surface area (TPSA) is 135 Å². The number of H-pyrrole nitrogens is 2. The molecule has 2 aromatic carbocycles. The van der Waals surface area contributed by atoms with E-state index in [0.29, 0.717) is 23.1 Å². The molecule has 10 heteroatoms. The van der Waals surface area contributed by atoms with Gasteiger partial charge in [-0.05, 0) is 40.3 Å². The molecule has 9 nitrogen and oxygen atoms in total. The lowest BCUT2D eigenvalue weighted by atomic mass is 9.94. The molecular formula is C28H34ClN7O2. The van der Waals surface area contributed by atoms with Gasteiger partial charge in [0, 0.05) is 18.4 Å².